The van der Waals surface area contributed by atoms with E-state index in [4.69, 9.17) is 0 Å². The zero-order chi connectivity index (χ0) is 29.0. The number of pyridine rings is 3. The van der Waals surface area contributed by atoms with Crippen molar-refractivity contribution < 1.29 is 22.8 Å². The van der Waals surface area contributed by atoms with Gasteiger partial charge in [0.2, 0.25) is 18.3 Å². The SMILES string of the molecule is C=Cc1cccc[n+]1C.CCn1cc[n+](C)c1.C[n+]1ccccc1.Cc1cc[n+](C)cc1.Cn1cc[n+](C)c1. The van der Waals surface area contributed by atoms with E-state index in [-0.39, 0.29) is 0 Å². The van der Waals surface area contributed by atoms with E-state index in [1.54, 1.807) is 0 Å². The largest absolute Gasteiger partial charge is 0.243 e. The van der Waals surface area contributed by atoms with Crippen molar-refractivity contribution in [2.24, 2.45) is 42.3 Å². The molecule has 0 aliphatic rings. The minimum atomic E-state index is 1.06. The summed E-state index contributed by atoms with van der Waals surface area (Å²) in [5.41, 5.74) is 2.45. The molecule has 7 nitrogen and oxygen atoms in total. The lowest BCUT2D eigenvalue weighted by Gasteiger charge is -1.88. The molecule has 0 bridgehead atoms. The van der Waals surface area contributed by atoms with Crippen LogP contribution in [-0.4, -0.2) is 9.13 Å². The first-order chi connectivity index (χ1) is 18.6. The second kappa shape index (κ2) is 18.8. The monoisotopic (exact) mass is 530 g/mol. The molecule has 206 valence electrons. The first kappa shape index (κ1) is 32.6. The van der Waals surface area contributed by atoms with Gasteiger partial charge in [-0.05, 0) is 25.5 Å². The maximum Gasteiger partial charge on any atom is 0.243 e. The first-order valence-corrected chi connectivity index (χ1v) is 13.0. The number of imidazole rings is 2. The molecule has 0 aliphatic heterocycles. The average Bonchev–Trinajstić information content (AvgIpc) is 3.54. The molecule has 5 heterocycles. The molecule has 0 unspecified atom stereocenters. The van der Waals surface area contributed by atoms with Gasteiger partial charge in [0.1, 0.15) is 45.9 Å². The quantitative estimate of drug-likeness (QED) is 0.314. The van der Waals surface area contributed by atoms with Gasteiger partial charge in [-0.2, -0.15) is 0 Å². The summed E-state index contributed by atoms with van der Waals surface area (Å²) in [7, 11) is 12.0. The van der Waals surface area contributed by atoms with E-state index in [9.17, 15) is 0 Å². The van der Waals surface area contributed by atoms with Gasteiger partial charge < -0.3 is 0 Å². The zero-order valence-electron chi connectivity index (χ0n) is 25.1. The Bertz CT molecular complexity index is 1280. The highest BCUT2D eigenvalue weighted by atomic mass is 15.1. The summed E-state index contributed by atoms with van der Waals surface area (Å²) in [6, 6.07) is 16.2. The highest BCUT2D eigenvalue weighted by Gasteiger charge is 1.95. The Labute approximate surface area is 235 Å². The first-order valence-electron chi connectivity index (χ1n) is 13.0. The van der Waals surface area contributed by atoms with E-state index < -0.39 is 0 Å². The van der Waals surface area contributed by atoms with Crippen molar-refractivity contribution in [2.75, 3.05) is 0 Å². The third kappa shape index (κ3) is 15.5. The van der Waals surface area contributed by atoms with E-state index in [0.29, 0.717) is 0 Å². The Kier molecular flexibility index (Phi) is 15.7. The van der Waals surface area contributed by atoms with Crippen LogP contribution in [0.1, 0.15) is 18.2 Å². The van der Waals surface area contributed by atoms with Gasteiger partial charge >= 0.3 is 0 Å². The number of aromatic nitrogens is 7. The minimum absolute atomic E-state index is 1.06. The van der Waals surface area contributed by atoms with Crippen LogP contribution in [-0.2, 0) is 48.8 Å². The molecular weight excluding hydrogens is 482 g/mol. The Morgan fingerprint density at radius 3 is 1.54 bits per heavy atom. The molecule has 0 saturated carbocycles. The van der Waals surface area contributed by atoms with Crippen molar-refractivity contribution in [2.45, 2.75) is 20.4 Å². The summed E-state index contributed by atoms with van der Waals surface area (Å²) in [5.74, 6) is 0. The molecule has 0 amide bonds. The van der Waals surface area contributed by atoms with Crippen molar-refractivity contribution in [1.29, 1.82) is 0 Å². The molecule has 0 aliphatic carbocycles. The van der Waals surface area contributed by atoms with Crippen molar-refractivity contribution >= 4 is 6.08 Å². The van der Waals surface area contributed by atoms with Gasteiger partial charge in [0.25, 0.3) is 0 Å². The van der Waals surface area contributed by atoms with Gasteiger partial charge in [-0.25, -0.2) is 32.0 Å². The van der Waals surface area contributed by atoms with E-state index in [2.05, 4.69) is 49.7 Å². The predicted molar refractivity (Wildman–Crippen MR) is 156 cm³/mol. The van der Waals surface area contributed by atoms with E-state index >= 15 is 0 Å². The van der Waals surface area contributed by atoms with Crippen LogP contribution < -0.4 is 22.8 Å². The van der Waals surface area contributed by atoms with Crippen LogP contribution in [0, 0.1) is 6.92 Å². The molecule has 5 rings (SSSR count). The van der Waals surface area contributed by atoms with Crippen LogP contribution in [0.4, 0.5) is 0 Å². The second-order valence-corrected chi connectivity index (χ2v) is 9.18. The van der Waals surface area contributed by atoms with E-state index in [1.807, 2.05) is 168 Å². The van der Waals surface area contributed by atoms with Crippen molar-refractivity contribution in [3.8, 4) is 0 Å². The molecule has 5 aromatic rings. The number of hydrogen-bond acceptors (Lipinski definition) is 0. The predicted octanol–water partition coefficient (Wildman–Crippen LogP) is 2.67. The lowest BCUT2D eigenvalue weighted by Crippen LogP contribution is -2.30. The average molecular weight is 531 g/mol. The van der Waals surface area contributed by atoms with Crippen LogP contribution in [0.15, 0.2) is 124 Å². The van der Waals surface area contributed by atoms with Crippen molar-refractivity contribution in [1.82, 2.24) is 9.13 Å². The van der Waals surface area contributed by atoms with Crippen LogP contribution in [0.2, 0.25) is 0 Å². The van der Waals surface area contributed by atoms with Crippen LogP contribution in [0.3, 0.4) is 0 Å². The highest BCUT2D eigenvalue weighted by molar-refractivity contribution is 5.36. The minimum Gasteiger partial charge on any atom is -0.240 e. The van der Waals surface area contributed by atoms with Gasteiger partial charge in [0, 0.05) is 42.5 Å². The molecule has 0 fully saturated rings. The fourth-order valence-electron chi connectivity index (χ4n) is 3.07. The topological polar surface area (TPSA) is 29.3 Å². The molecule has 5 aromatic heterocycles. The Morgan fingerprint density at radius 2 is 1.23 bits per heavy atom. The number of hydrogen-bond donors (Lipinski definition) is 0. The van der Waals surface area contributed by atoms with Crippen LogP contribution >= 0.6 is 0 Å². The maximum atomic E-state index is 3.67. The molecular formula is C32H48N7+5. The van der Waals surface area contributed by atoms with Gasteiger partial charge in [0.15, 0.2) is 31.0 Å². The smallest absolute Gasteiger partial charge is 0.240 e. The summed E-state index contributed by atoms with van der Waals surface area (Å²) >= 11 is 0. The third-order valence-corrected chi connectivity index (χ3v) is 5.40. The Hall–Kier alpha value is -4.39. The van der Waals surface area contributed by atoms with Gasteiger partial charge in [-0.15, -0.1) is 0 Å². The maximum absolute atomic E-state index is 3.67. The fourth-order valence-corrected chi connectivity index (χ4v) is 3.07. The van der Waals surface area contributed by atoms with Gasteiger partial charge in [-0.1, -0.05) is 12.6 Å². The molecule has 0 saturated heterocycles. The molecule has 0 atom stereocenters. The normalized spacial score (nSPS) is 9.23. The van der Waals surface area contributed by atoms with Crippen LogP contribution in [0.5, 0.6) is 0 Å². The zero-order valence-corrected chi connectivity index (χ0v) is 25.1. The third-order valence-electron chi connectivity index (χ3n) is 5.40. The number of nitrogens with zero attached hydrogens (tertiary/aromatic N) is 7. The second-order valence-electron chi connectivity index (χ2n) is 9.18. The van der Waals surface area contributed by atoms with Crippen molar-refractivity contribution in [3.05, 3.63) is 135 Å². The fraction of sp³-hybridized carbons (Fsp3) is 0.281. The van der Waals surface area contributed by atoms with Gasteiger partial charge in [0.05, 0.1) is 27.7 Å². The lowest BCUT2D eigenvalue weighted by atomic mass is 10.3. The standard InChI is InChI=1S/C8H10N.C7H10N.C6H11N2.C6H8N.C5H9N2/c1-3-8-6-4-5-7-9(8)2;1-7-3-5-8(2)6-4-7;1-3-8-5-4-7(2)6-8;1-7-5-3-2-4-6-7;1-6-3-4-7(2)5-6/h3-7H,1H2,2H3;3-6H,1-2H3;4-6H,3H2,1-2H3;2-6H,1H3;3-5H,1-2H3/q5*+1. The highest BCUT2D eigenvalue weighted by Crippen LogP contribution is 1.89. The summed E-state index contributed by atoms with van der Waals surface area (Å²) in [6.07, 6.45) is 24.0. The molecule has 0 spiro atoms. The number of aryl methyl sites for hydroxylation is 8. The summed E-state index contributed by atoms with van der Waals surface area (Å²) in [6.45, 7) is 8.94. The summed E-state index contributed by atoms with van der Waals surface area (Å²) < 4.78 is 14.2. The van der Waals surface area contributed by atoms with Crippen LogP contribution in [0.25, 0.3) is 6.08 Å². The molecule has 0 radical (unpaired) electrons. The van der Waals surface area contributed by atoms with E-state index in [1.165, 1.54) is 5.56 Å². The van der Waals surface area contributed by atoms with Gasteiger partial charge in [-0.3, -0.25) is 0 Å². The summed E-state index contributed by atoms with van der Waals surface area (Å²) in [5, 5.41) is 0. The molecule has 39 heavy (non-hydrogen) atoms. The Balaban J connectivity index is 0.000000244. The summed E-state index contributed by atoms with van der Waals surface area (Å²) in [4.78, 5) is 0. The molecule has 0 aromatic carbocycles. The molecule has 7 heteroatoms. The van der Waals surface area contributed by atoms with Crippen molar-refractivity contribution in [3.63, 3.8) is 0 Å². The molecule has 0 N–H and O–H groups in total. The Morgan fingerprint density at radius 1 is 0.667 bits per heavy atom. The number of rotatable bonds is 2. The van der Waals surface area contributed by atoms with E-state index in [0.717, 1.165) is 12.2 Å². The lowest BCUT2D eigenvalue weighted by molar-refractivity contribution is -0.673.